The molecule has 0 unspecified atom stereocenters. The van der Waals surface area contributed by atoms with E-state index >= 15 is 0 Å². The number of aromatic hydroxyl groups is 1. The molecule has 1 aromatic rings. The number of carbonyl (C=O) groups is 2. The number of carboxylic acid groups (broad SMARTS) is 1. The van der Waals surface area contributed by atoms with Crippen molar-refractivity contribution in [2.24, 2.45) is 5.92 Å². The highest BCUT2D eigenvalue weighted by molar-refractivity contribution is 5.99. The Morgan fingerprint density at radius 2 is 2.19 bits per heavy atom. The van der Waals surface area contributed by atoms with E-state index in [4.69, 9.17) is 5.11 Å². The van der Waals surface area contributed by atoms with Gasteiger partial charge in [-0.05, 0) is 12.1 Å². The molecule has 1 aromatic carbocycles. The summed E-state index contributed by atoms with van der Waals surface area (Å²) in [5.74, 6) is -1.78. The van der Waals surface area contributed by atoms with Gasteiger partial charge in [0.25, 0.3) is 0 Å². The number of phenolic OH excluding ortho intramolecular Hbond substituents is 1. The van der Waals surface area contributed by atoms with Gasteiger partial charge in [0.2, 0.25) is 5.91 Å². The fourth-order valence-electron chi connectivity index (χ4n) is 1.78. The van der Waals surface area contributed by atoms with Crippen LogP contribution in [0.4, 0.5) is 5.69 Å². The number of amides is 1. The minimum Gasteiger partial charge on any atom is -0.508 e. The van der Waals surface area contributed by atoms with Gasteiger partial charge in [-0.1, -0.05) is 6.07 Å². The maximum atomic E-state index is 11.6. The highest BCUT2D eigenvalue weighted by Gasteiger charge is 2.34. The molecule has 5 nitrogen and oxygen atoms in total. The lowest BCUT2D eigenvalue weighted by atomic mass is 10.1. The van der Waals surface area contributed by atoms with Crippen molar-refractivity contribution in [1.82, 2.24) is 0 Å². The maximum absolute atomic E-state index is 11.6. The van der Waals surface area contributed by atoms with Crippen LogP contribution in [0.15, 0.2) is 24.3 Å². The largest absolute Gasteiger partial charge is 0.508 e. The van der Waals surface area contributed by atoms with Gasteiger partial charge < -0.3 is 15.1 Å². The third-order valence-corrected chi connectivity index (χ3v) is 2.62. The van der Waals surface area contributed by atoms with Crippen LogP contribution in [0, 0.1) is 5.92 Å². The predicted molar refractivity (Wildman–Crippen MR) is 56.2 cm³/mol. The van der Waals surface area contributed by atoms with Crippen LogP contribution in [0.5, 0.6) is 5.75 Å². The van der Waals surface area contributed by atoms with Crippen molar-refractivity contribution in [1.29, 1.82) is 0 Å². The van der Waals surface area contributed by atoms with E-state index in [1.165, 1.54) is 17.0 Å². The zero-order valence-electron chi connectivity index (χ0n) is 8.46. The van der Waals surface area contributed by atoms with E-state index in [0.717, 1.165) is 0 Å². The van der Waals surface area contributed by atoms with Crippen LogP contribution >= 0.6 is 0 Å². The molecule has 2 rings (SSSR count). The number of carbonyl (C=O) groups excluding carboxylic acids is 1. The third kappa shape index (κ3) is 1.84. The fraction of sp³-hybridized carbons (Fsp3) is 0.273. The SMILES string of the molecule is O=C(O)[C@H]1CC(=O)N(c2cccc(O)c2)C1. The number of nitrogens with zero attached hydrogens (tertiary/aromatic N) is 1. The van der Waals surface area contributed by atoms with Crippen molar-refractivity contribution in [3.05, 3.63) is 24.3 Å². The number of hydrogen-bond acceptors (Lipinski definition) is 3. The van der Waals surface area contributed by atoms with E-state index in [1.807, 2.05) is 0 Å². The van der Waals surface area contributed by atoms with Crippen LogP contribution in [0.1, 0.15) is 6.42 Å². The molecule has 1 amide bonds. The molecule has 1 atom stereocenters. The number of benzene rings is 1. The van der Waals surface area contributed by atoms with Gasteiger partial charge in [0, 0.05) is 24.7 Å². The molecule has 1 fully saturated rings. The lowest BCUT2D eigenvalue weighted by Crippen LogP contribution is -2.25. The first-order valence-corrected chi connectivity index (χ1v) is 4.90. The molecule has 0 aliphatic carbocycles. The van der Waals surface area contributed by atoms with Crippen LogP contribution in [-0.4, -0.2) is 28.6 Å². The van der Waals surface area contributed by atoms with Crippen molar-refractivity contribution in [2.75, 3.05) is 11.4 Å². The minimum atomic E-state index is -0.962. The molecule has 1 saturated heterocycles. The summed E-state index contributed by atoms with van der Waals surface area (Å²) in [5.41, 5.74) is 0.536. The molecule has 0 aromatic heterocycles. The first kappa shape index (κ1) is 10.5. The smallest absolute Gasteiger partial charge is 0.308 e. The predicted octanol–water partition coefficient (Wildman–Crippen LogP) is 0.830. The molecular weight excluding hydrogens is 210 g/mol. The summed E-state index contributed by atoms with van der Waals surface area (Å²) in [7, 11) is 0. The summed E-state index contributed by atoms with van der Waals surface area (Å²) in [6.07, 6.45) is 0.0188. The molecule has 1 heterocycles. The Balaban J connectivity index is 2.23. The van der Waals surface area contributed by atoms with Gasteiger partial charge in [0.05, 0.1) is 5.92 Å². The van der Waals surface area contributed by atoms with Crippen LogP contribution < -0.4 is 4.90 Å². The second kappa shape index (κ2) is 3.84. The lowest BCUT2D eigenvalue weighted by molar-refractivity contribution is -0.141. The van der Waals surface area contributed by atoms with Gasteiger partial charge in [0.1, 0.15) is 5.75 Å². The molecule has 0 saturated carbocycles. The van der Waals surface area contributed by atoms with E-state index in [0.29, 0.717) is 5.69 Å². The minimum absolute atomic E-state index is 0.0188. The van der Waals surface area contributed by atoms with Crippen LogP contribution in [0.25, 0.3) is 0 Å². The second-order valence-electron chi connectivity index (χ2n) is 3.76. The molecular formula is C11H11NO4. The third-order valence-electron chi connectivity index (χ3n) is 2.62. The molecule has 1 aliphatic heterocycles. The standard InChI is InChI=1S/C11H11NO4/c13-9-3-1-2-8(5-9)12-6-7(11(15)16)4-10(12)14/h1-3,5,7,13H,4,6H2,(H,15,16)/t7-/m0/s1. The zero-order chi connectivity index (χ0) is 11.7. The molecule has 2 N–H and O–H groups in total. The monoisotopic (exact) mass is 221 g/mol. The van der Waals surface area contributed by atoms with Crippen molar-refractivity contribution in [3.63, 3.8) is 0 Å². The van der Waals surface area contributed by atoms with Crippen LogP contribution in [0.2, 0.25) is 0 Å². The van der Waals surface area contributed by atoms with Crippen molar-refractivity contribution >= 4 is 17.6 Å². The van der Waals surface area contributed by atoms with Crippen molar-refractivity contribution in [2.45, 2.75) is 6.42 Å². The summed E-state index contributed by atoms with van der Waals surface area (Å²) >= 11 is 0. The van der Waals surface area contributed by atoms with E-state index in [2.05, 4.69) is 0 Å². The van der Waals surface area contributed by atoms with Gasteiger partial charge in [-0.25, -0.2) is 0 Å². The highest BCUT2D eigenvalue weighted by atomic mass is 16.4. The number of rotatable bonds is 2. The van der Waals surface area contributed by atoms with Gasteiger partial charge in [-0.2, -0.15) is 0 Å². The molecule has 0 spiro atoms. The zero-order valence-corrected chi connectivity index (χ0v) is 8.46. The topological polar surface area (TPSA) is 77.8 Å². The fourth-order valence-corrected chi connectivity index (χ4v) is 1.78. The van der Waals surface area contributed by atoms with Gasteiger partial charge in [0.15, 0.2) is 0 Å². The Kier molecular flexibility index (Phi) is 2.52. The Morgan fingerprint density at radius 1 is 1.44 bits per heavy atom. The van der Waals surface area contributed by atoms with Crippen molar-refractivity contribution < 1.29 is 19.8 Å². The van der Waals surface area contributed by atoms with Gasteiger partial charge in [-0.3, -0.25) is 9.59 Å². The van der Waals surface area contributed by atoms with E-state index in [9.17, 15) is 14.7 Å². The molecule has 16 heavy (non-hydrogen) atoms. The normalized spacial score (nSPS) is 20.1. The molecule has 0 bridgehead atoms. The van der Waals surface area contributed by atoms with Gasteiger partial charge >= 0.3 is 5.97 Å². The molecule has 1 aliphatic rings. The summed E-state index contributed by atoms with van der Waals surface area (Å²) in [5, 5.41) is 18.1. The summed E-state index contributed by atoms with van der Waals surface area (Å²) < 4.78 is 0. The summed E-state index contributed by atoms with van der Waals surface area (Å²) in [6, 6.07) is 6.23. The number of hydrogen-bond donors (Lipinski definition) is 2. The van der Waals surface area contributed by atoms with E-state index in [1.54, 1.807) is 12.1 Å². The summed E-state index contributed by atoms with van der Waals surface area (Å²) in [4.78, 5) is 23.7. The summed E-state index contributed by atoms with van der Waals surface area (Å²) in [6.45, 7) is 0.164. The Bertz CT molecular complexity index is 443. The average molecular weight is 221 g/mol. The first-order valence-electron chi connectivity index (χ1n) is 4.90. The average Bonchev–Trinajstić information content (AvgIpc) is 2.60. The van der Waals surface area contributed by atoms with Crippen molar-refractivity contribution in [3.8, 4) is 5.75 Å². The Hall–Kier alpha value is -2.04. The lowest BCUT2D eigenvalue weighted by Gasteiger charge is -2.15. The Morgan fingerprint density at radius 3 is 2.75 bits per heavy atom. The van der Waals surface area contributed by atoms with Crippen LogP contribution in [-0.2, 0) is 9.59 Å². The number of phenols is 1. The number of aliphatic carboxylic acids is 1. The maximum Gasteiger partial charge on any atom is 0.308 e. The van der Waals surface area contributed by atoms with Crippen LogP contribution in [0.3, 0.4) is 0 Å². The van der Waals surface area contributed by atoms with Gasteiger partial charge in [-0.15, -0.1) is 0 Å². The first-order chi connectivity index (χ1) is 7.58. The molecule has 0 radical (unpaired) electrons. The number of carboxylic acids is 1. The Labute approximate surface area is 91.9 Å². The molecule has 5 heteroatoms. The van der Waals surface area contributed by atoms with E-state index in [-0.39, 0.29) is 24.6 Å². The quantitative estimate of drug-likeness (QED) is 0.775. The number of anilines is 1. The van der Waals surface area contributed by atoms with E-state index < -0.39 is 11.9 Å². The highest BCUT2D eigenvalue weighted by Crippen LogP contribution is 2.27. The molecule has 84 valence electrons. The second-order valence-corrected chi connectivity index (χ2v) is 3.76.